The molecular formula is C21H19ClN2O3. The lowest BCUT2D eigenvalue weighted by Crippen LogP contribution is -2.28. The number of methoxy groups -OCH3 is 1. The Morgan fingerprint density at radius 3 is 2.44 bits per heavy atom. The van der Waals surface area contributed by atoms with Crippen LogP contribution in [-0.4, -0.2) is 29.4 Å². The summed E-state index contributed by atoms with van der Waals surface area (Å²) < 4.78 is 4.86. The fourth-order valence-corrected chi connectivity index (χ4v) is 3.37. The minimum atomic E-state index is -0.690. The molecule has 1 aliphatic rings. The number of aliphatic hydroxyl groups is 1. The fourth-order valence-electron chi connectivity index (χ4n) is 3.15. The molecule has 0 aliphatic carbocycles. The van der Waals surface area contributed by atoms with Gasteiger partial charge in [0, 0.05) is 22.4 Å². The van der Waals surface area contributed by atoms with Crippen molar-refractivity contribution in [1.82, 2.24) is 5.01 Å². The van der Waals surface area contributed by atoms with Gasteiger partial charge in [-0.3, -0.25) is 0 Å². The molecule has 0 unspecified atom stereocenters. The Morgan fingerprint density at radius 2 is 1.85 bits per heavy atom. The molecule has 2 aromatic rings. The minimum Gasteiger partial charge on any atom is -0.505 e. The maximum Gasteiger partial charge on any atom is 0.360 e. The van der Waals surface area contributed by atoms with Gasteiger partial charge in [-0.1, -0.05) is 48.0 Å². The molecule has 1 aliphatic heterocycles. The standard InChI is InChI=1S/C21H19ClN2O3/c1-4-17-18-15(13-9-7-6-8-10-13)11-14(22)12-16(18)20(25)19(21(26)27-3)24(17)23-5-2/h4-12,25H,1-3H3/b17-4+,23-5-. The summed E-state index contributed by atoms with van der Waals surface area (Å²) in [6.45, 7) is 3.58. The van der Waals surface area contributed by atoms with Crippen molar-refractivity contribution in [1.29, 1.82) is 0 Å². The van der Waals surface area contributed by atoms with Crippen molar-refractivity contribution in [3.05, 3.63) is 70.4 Å². The number of rotatable bonds is 3. The lowest BCUT2D eigenvalue weighted by molar-refractivity contribution is -0.137. The van der Waals surface area contributed by atoms with E-state index in [2.05, 4.69) is 5.10 Å². The first-order chi connectivity index (χ1) is 13.0. The van der Waals surface area contributed by atoms with Crippen LogP contribution in [0.3, 0.4) is 0 Å². The van der Waals surface area contributed by atoms with E-state index in [0.717, 1.165) is 16.7 Å². The van der Waals surface area contributed by atoms with Crippen LogP contribution in [0.5, 0.6) is 0 Å². The first kappa shape index (κ1) is 18.7. The van der Waals surface area contributed by atoms with E-state index >= 15 is 0 Å². The number of benzene rings is 2. The molecule has 0 amide bonds. The zero-order valence-corrected chi connectivity index (χ0v) is 16.0. The Hall–Kier alpha value is -3.05. The zero-order valence-electron chi connectivity index (χ0n) is 15.2. The van der Waals surface area contributed by atoms with Crippen molar-refractivity contribution >= 4 is 35.2 Å². The zero-order chi connectivity index (χ0) is 19.6. The van der Waals surface area contributed by atoms with Gasteiger partial charge in [0.2, 0.25) is 0 Å². The van der Waals surface area contributed by atoms with Crippen LogP contribution in [0.25, 0.3) is 22.6 Å². The quantitative estimate of drug-likeness (QED) is 0.593. The summed E-state index contributed by atoms with van der Waals surface area (Å²) in [6.07, 6.45) is 3.38. The molecule has 2 aromatic carbocycles. The van der Waals surface area contributed by atoms with E-state index in [9.17, 15) is 9.90 Å². The molecule has 1 N–H and O–H groups in total. The van der Waals surface area contributed by atoms with Crippen LogP contribution in [0.2, 0.25) is 5.02 Å². The maximum absolute atomic E-state index is 12.4. The first-order valence-corrected chi connectivity index (χ1v) is 8.77. The van der Waals surface area contributed by atoms with Gasteiger partial charge < -0.3 is 9.84 Å². The number of fused-ring (bicyclic) bond motifs is 1. The number of allylic oxidation sites excluding steroid dienone is 1. The molecule has 0 bridgehead atoms. The second-order valence-electron chi connectivity index (χ2n) is 5.79. The number of carbonyl (C=O) groups is 1. The van der Waals surface area contributed by atoms with Gasteiger partial charge in [-0.05, 0) is 37.1 Å². The number of hydrogen-bond acceptors (Lipinski definition) is 5. The van der Waals surface area contributed by atoms with Crippen LogP contribution in [0.1, 0.15) is 25.0 Å². The van der Waals surface area contributed by atoms with Gasteiger partial charge in [-0.25, -0.2) is 9.80 Å². The van der Waals surface area contributed by atoms with E-state index in [1.54, 1.807) is 19.2 Å². The summed E-state index contributed by atoms with van der Waals surface area (Å²) in [4.78, 5) is 12.4. The second-order valence-corrected chi connectivity index (χ2v) is 6.23. The third-order valence-corrected chi connectivity index (χ3v) is 4.46. The summed E-state index contributed by atoms with van der Waals surface area (Å²) in [5, 5.41) is 17.0. The van der Waals surface area contributed by atoms with Crippen LogP contribution in [0.4, 0.5) is 0 Å². The molecule has 27 heavy (non-hydrogen) atoms. The van der Waals surface area contributed by atoms with E-state index in [1.807, 2.05) is 49.4 Å². The van der Waals surface area contributed by atoms with Gasteiger partial charge in [0.05, 0.1) is 12.8 Å². The molecule has 6 heteroatoms. The molecule has 0 aromatic heterocycles. The highest BCUT2D eigenvalue weighted by molar-refractivity contribution is 6.31. The molecule has 0 spiro atoms. The van der Waals surface area contributed by atoms with Crippen molar-refractivity contribution in [3.8, 4) is 11.1 Å². The average Bonchev–Trinajstić information content (AvgIpc) is 2.69. The number of hydrazone groups is 1. The van der Waals surface area contributed by atoms with Gasteiger partial charge in [0.1, 0.15) is 0 Å². The number of ether oxygens (including phenoxy) is 1. The Labute approximate surface area is 162 Å². The monoisotopic (exact) mass is 382 g/mol. The van der Waals surface area contributed by atoms with Gasteiger partial charge >= 0.3 is 5.97 Å². The third kappa shape index (κ3) is 3.22. The van der Waals surface area contributed by atoms with Gasteiger partial charge in [-0.2, -0.15) is 5.10 Å². The topological polar surface area (TPSA) is 62.1 Å². The summed E-state index contributed by atoms with van der Waals surface area (Å²) in [5.74, 6) is -0.919. The third-order valence-electron chi connectivity index (χ3n) is 4.25. The summed E-state index contributed by atoms with van der Waals surface area (Å²) >= 11 is 6.33. The van der Waals surface area contributed by atoms with E-state index in [0.29, 0.717) is 16.3 Å². The lowest BCUT2D eigenvalue weighted by atomic mass is 9.89. The molecule has 0 saturated heterocycles. The van der Waals surface area contributed by atoms with E-state index in [-0.39, 0.29) is 11.5 Å². The molecule has 3 rings (SSSR count). The normalized spacial score (nSPS) is 15.4. The van der Waals surface area contributed by atoms with Crippen LogP contribution in [-0.2, 0) is 9.53 Å². The predicted octanol–water partition coefficient (Wildman–Crippen LogP) is 5.09. The van der Waals surface area contributed by atoms with Crippen molar-refractivity contribution in [2.45, 2.75) is 13.8 Å². The van der Waals surface area contributed by atoms with Crippen molar-refractivity contribution in [3.63, 3.8) is 0 Å². The largest absolute Gasteiger partial charge is 0.505 e. The number of nitrogens with zero attached hydrogens (tertiary/aromatic N) is 2. The van der Waals surface area contributed by atoms with E-state index in [1.165, 1.54) is 12.1 Å². The lowest BCUT2D eigenvalue weighted by Gasteiger charge is -2.31. The van der Waals surface area contributed by atoms with Crippen molar-refractivity contribution in [2.24, 2.45) is 5.10 Å². The highest BCUT2D eigenvalue weighted by Gasteiger charge is 2.35. The molecule has 1 heterocycles. The summed E-state index contributed by atoms with van der Waals surface area (Å²) in [6, 6.07) is 13.2. The van der Waals surface area contributed by atoms with Crippen LogP contribution in [0.15, 0.2) is 59.3 Å². The van der Waals surface area contributed by atoms with E-state index in [4.69, 9.17) is 16.3 Å². The maximum atomic E-state index is 12.4. The van der Waals surface area contributed by atoms with E-state index < -0.39 is 5.97 Å². The molecule has 0 saturated carbocycles. The Balaban J connectivity index is 2.42. The van der Waals surface area contributed by atoms with Crippen LogP contribution < -0.4 is 0 Å². The van der Waals surface area contributed by atoms with Crippen molar-refractivity contribution < 1.29 is 14.6 Å². The Morgan fingerprint density at radius 1 is 1.19 bits per heavy atom. The number of aliphatic hydroxyl groups excluding tert-OH is 1. The molecule has 5 nitrogen and oxygen atoms in total. The van der Waals surface area contributed by atoms with Crippen LogP contribution >= 0.6 is 11.6 Å². The number of esters is 1. The number of halogens is 1. The van der Waals surface area contributed by atoms with Gasteiger partial charge in [0.25, 0.3) is 0 Å². The molecular weight excluding hydrogens is 364 g/mol. The average molecular weight is 383 g/mol. The Bertz CT molecular complexity index is 978. The fraction of sp³-hybridized carbons (Fsp3) is 0.143. The molecule has 0 fully saturated rings. The molecule has 138 valence electrons. The molecule has 0 radical (unpaired) electrons. The highest BCUT2D eigenvalue weighted by atomic mass is 35.5. The predicted molar refractivity (Wildman–Crippen MR) is 108 cm³/mol. The first-order valence-electron chi connectivity index (χ1n) is 8.39. The van der Waals surface area contributed by atoms with Gasteiger partial charge in [-0.15, -0.1) is 0 Å². The minimum absolute atomic E-state index is 0.0579. The summed E-state index contributed by atoms with van der Waals surface area (Å²) in [7, 11) is 1.26. The molecule has 0 atom stereocenters. The highest BCUT2D eigenvalue weighted by Crippen LogP contribution is 2.44. The van der Waals surface area contributed by atoms with Gasteiger partial charge in [0.15, 0.2) is 11.5 Å². The Kier molecular flexibility index (Phi) is 5.33. The van der Waals surface area contributed by atoms with Crippen LogP contribution in [0, 0.1) is 0 Å². The SMILES string of the molecule is C/C=N\N1C(C(=O)OC)=C(O)c2cc(Cl)cc(-c3ccccc3)c2/C1=C\C. The van der Waals surface area contributed by atoms with Crippen molar-refractivity contribution in [2.75, 3.05) is 7.11 Å². The number of carbonyl (C=O) groups excluding carboxylic acids is 1. The second kappa shape index (κ2) is 7.68. The number of hydrogen-bond donors (Lipinski definition) is 1. The summed E-state index contributed by atoms with van der Waals surface area (Å²) in [5.41, 5.74) is 3.55. The smallest absolute Gasteiger partial charge is 0.360 e.